The van der Waals surface area contributed by atoms with Crippen LogP contribution in [0.1, 0.15) is 10.4 Å². The van der Waals surface area contributed by atoms with Crippen LogP contribution in [0.15, 0.2) is 32.4 Å². The van der Waals surface area contributed by atoms with Gasteiger partial charge in [-0.05, 0) is 34.1 Å². The van der Waals surface area contributed by atoms with Crippen molar-refractivity contribution in [3.05, 3.63) is 38.8 Å². The molecular weight excluding hydrogens is 392 g/mol. The molecule has 0 spiro atoms. The van der Waals surface area contributed by atoms with Gasteiger partial charge in [-0.2, -0.15) is 0 Å². The molecule has 2 rings (SSSR count). The Kier molecular flexibility index (Phi) is 4.33. The Morgan fingerprint density at radius 3 is 2.75 bits per heavy atom. The number of halogens is 2. The highest BCUT2D eigenvalue weighted by atomic mass is 79.9. The second-order valence-electron chi connectivity index (χ2n) is 3.50. The lowest BCUT2D eigenvalue weighted by Crippen LogP contribution is -2.15. The van der Waals surface area contributed by atoms with Gasteiger partial charge in [0.15, 0.2) is 5.82 Å². The molecule has 0 aromatic carbocycles. The molecule has 0 saturated carbocycles. The summed E-state index contributed by atoms with van der Waals surface area (Å²) in [5.41, 5.74) is -0.238. The molecule has 2 aromatic heterocycles. The summed E-state index contributed by atoms with van der Waals surface area (Å²) >= 11 is 9.81. The maximum atomic E-state index is 12.1. The number of carboxylic acid groups (broad SMARTS) is 1. The smallest absolute Gasteiger partial charge is 0.339 e. The average molecular weight is 398 g/mol. The maximum absolute atomic E-state index is 12.1. The van der Waals surface area contributed by atoms with Crippen molar-refractivity contribution in [2.24, 2.45) is 0 Å². The number of thiophene rings is 1. The topological polar surface area (TPSA) is 96.4 Å². The van der Waals surface area contributed by atoms with Crippen LogP contribution in [0.5, 0.6) is 0 Å². The van der Waals surface area contributed by atoms with E-state index in [1.54, 1.807) is 0 Å². The molecule has 2 N–H and O–H groups in total. The van der Waals surface area contributed by atoms with Crippen molar-refractivity contribution >= 4 is 60.7 Å². The van der Waals surface area contributed by atoms with E-state index >= 15 is 0 Å². The number of aromatic carboxylic acids is 1. The molecule has 2 heterocycles. The molecule has 0 amide bonds. The van der Waals surface area contributed by atoms with E-state index in [1.165, 1.54) is 24.4 Å². The fraction of sp³-hybridized carbons (Fsp3) is 0. The lowest BCUT2D eigenvalue weighted by Gasteiger charge is -2.07. The molecule has 10 heteroatoms. The molecule has 0 unspecified atom stereocenters. The fourth-order valence-corrected chi connectivity index (χ4v) is 4.72. The zero-order chi connectivity index (χ0) is 14.9. The minimum Gasteiger partial charge on any atom is -0.478 e. The number of nitrogens with zero attached hydrogens (tertiary/aromatic N) is 1. The highest BCUT2D eigenvalue weighted by molar-refractivity contribution is 9.11. The van der Waals surface area contributed by atoms with Gasteiger partial charge in [-0.3, -0.25) is 4.72 Å². The Hall–Kier alpha value is -1.16. The van der Waals surface area contributed by atoms with Crippen LogP contribution in [-0.2, 0) is 10.0 Å². The number of hydrogen-bond donors (Lipinski definition) is 2. The van der Waals surface area contributed by atoms with Crippen molar-refractivity contribution in [3.63, 3.8) is 0 Å². The molecule has 0 bridgehead atoms. The van der Waals surface area contributed by atoms with Gasteiger partial charge in [0, 0.05) is 6.20 Å². The van der Waals surface area contributed by atoms with E-state index in [-0.39, 0.29) is 20.6 Å². The van der Waals surface area contributed by atoms with Crippen LogP contribution in [0.3, 0.4) is 0 Å². The SMILES string of the molecule is O=C(O)c1cccnc1NS(=O)(=O)c1cc(Cl)c(Br)s1. The number of sulfonamides is 1. The first kappa shape index (κ1) is 15.2. The Labute approximate surface area is 131 Å². The molecule has 106 valence electrons. The van der Waals surface area contributed by atoms with Gasteiger partial charge in [0.2, 0.25) is 0 Å². The van der Waals surface area contributed by atoms with Gasteiger partial charge < -0.3 is 5.11 Å². The second kappa shape index (κ2) is 5.68. The molecule has 20 heavy (non-hydrogen) atoms. The van der Waals surface area contributed by atoms with Crippen molar-refractivity contribution in [3.8, 4) is 0 Å². The molecule has 0 aliphatic rings. The number of rotatable bonds is 4. The van der Waals surface area contributed by atoms with Crippen molar-refractivity contribution in [1.82, 2.24) is 4.98 Å². The zero-order valence-corrected chi connectivity index (χ0v) is 13.5. The highest BCUT2D eigenvalue weighted by Gasteiger charge is 2.22. The third kappa shape index (κ3) is 3.11. The molecule has 0 aliphatic heterocycles. The van der Waals surface area contributed by atoms with Crippen LogP contribution in [0, 0.1) is 0 Å². The Morgan fingerprint density at radius 1 is 1.50 bits per heavy atom. The van der Waals surface area contributed by atoms with E-state index in [2.05, 4.69) is 25.6 Å². The summed E-state index contributed by atoms with van der Waals surface area (Å²) in [5.74, 6) is -1.53. The van der Waals surface area contributed by atoms with Crippen LogP contribution in [-0.4, -0.2) is 24.5 Å². The number of anilines is 1. The third-order valence-corrected chi connectivity index (χ3v) is 6.44. The monoisotopic (exact) mass is 396 g/mol. The first-order chi connectivity index (χ1) is 9.31. The molecular formula is C10H6BrClN2O4S2. The van der Waals surface area contributed by atoms with E-state index in [0.717, 1.165) is 11.3 Å². The predicted molar refractivity (Wildman–Crippen MR) is 79.0 cm³/mol. The summed E-state index contributed by atoms with van der Waals surface area (Å²) in [5, 5.41) is 9.24. The lowest BCUT2D eigenvalue weighted by molar-refractivity contribution is 0.0697. The summed E-state index contributed by atoms with van der Waals surface area (Å²) in [6, 6.07) is 3.92. The quantitative estimate of drug-likeness (QED) is 0.826. The van der Waals surface area contributed by atoms with Crippen LogP contribution >= 0.6 is 38.9 Å². The highest BCUT2D eigenvalue weighted by Crippen LogP contribution is 2.35. The van der Waals surface area contributed by atoms with Crippen LogP contribution in [0.4, 0.5) is 5.82 Å². The largest absolute Gasteiger partial charge is 0.478 e. The van der Waals surface area contributed by atoms with Gasteiger partial charge >= 0.3 is 5.97 Å². The second-order valence-corrected chi connectivity index (χ2v) is 8.18. The fourth-order valence-electron chi connectivity index (χ4n) is 1.30. The number of aromatic nitrogens is 1. The van der Waals surface area contributed by atoms with E-state index in [1.807, 2.05) is 0 Å². The summed E-state index contributed by atoms with van der Waals surface area (Å²) < 4.78 is 26.8. The van der Waals surface area contributed by atoms with E-state index in [0.29, 0.717) is 3.79 Å². The number of carboxylic acids is 1. The van der Waals surface area contributed by atoms with Crippen molar-refractivity contribution in [1.29, 1.82) is 0 Å². The summed E-state index contributed by atoms with van der Waals surface area (Å²) in [6.45, 7) is 0. The normalized spacial score (nSPS) is 11.3. The molecule has 0 atom stereocenters. The van der Waals surface area contributed by atoms with Gasteiger partial charge in [-0.15, -0.1) is 11.3 Å². The Morgan fingerprint density at radius 2 is 2.20 bits per heavy atom. The molecule has 0 fully saturated rings. The molecule has 0 radical (unpaired) electrons. The average Bonchev–Trinajstić information content (AvgIpc) is 2.70. The number of pyridine rings is 1. The molecule has 6 nitrogen and oxygen atoms in total. The summed E-state index contributed by atoms with van der Waals surface area (Å²) in [4.78, 5) is 14.7. The standard InChI is InChI=1S/C10H6BrClN2O4S2/c11-8-6(12)4-7(19-8)20(17,18)14-9-5(10(15)16)2-1-3-13-9/h1-4H,(H,13,14)(H,15,16). The van der Waals surface area contributed by atoms with E-state index in [4.69, 9.17) is 16.7 Å². The van der Waals surface area contributed by atoms with Crippen molar-refractivity contribution < 1.29 is 18.3 Å². The zero-order valence-electron chi connectivity index (χ0n) is 9.50. The van der Waals surface area contributed by atoms with Gasteiger partial charge in [0.05, 0.1) is 8.81 Å². The minimum atomic E-state index is -3.94. The molecule has 2 aromatic rings. The number of carbonyl (C=O) groups is 1. The van der Waals surface area contributed by atoms with Gasteiger partial charge in [-0.1, -0.05) is 11.6 Å². The van der Waals surface area contributed by atoms with Gasteiger partial charge in [0.25, 0.3) is 10.0 Å². The van der Waals surface area contributed by atoms with Crippen molar-refractivity contribution in [2.45, 2.75) is 4.21 Å². The predicted octanol–water partition coefficient (Wildman–Crippen LogP) is 3.06. The van der Waals surface area contributed by atoms with E-state index < -0.39 is 16.0 Å². The van der Waals surface area contributed by atoms with Crippen LogP contribution in [0.25, 0.3) is 0 Å². The number of nitrogens with one attached hydrogen (secondary N) is 1. The van der Waals surface area contributed by atoms with Crippen LogP contribution < -0.4 is 4.72 Å². The Bertz CT molecular complexity index is 756. The molecule has 0 aliphatic carbocycles. The third-order valence-electron chi connectivity index (χ3n) is 2.16. The summed E-state index contributed by atoms with van der Waals surface area (Å²) in [6.07, 6.45) is 1.29. The first-order valence-corrected chi connectivity index (χ1v) is 8.44. The lowest BCUT2D eigenvalue weighted by atomic mass is 10.3. The van der Waals surface area contributed by atoms with E-state index in [9.17, 15) is 13.2 Å². The summed E-state index contributed by atoms with van der Waals surface area (Å²) in [7, 11) is -3.94. The molecule has 0 saturated heterocycles. The van der Waals surface area contributed by atoms with Gasteiger partial charge in [-0.25, -0.2) is 18.2 Å². The Balaban J connectivity index is 2.41. The van der Waals surface area contributed by atoms with Crippen LogP contribution in [0.2, 0.25) is 5.02 Å². The first-order valence-electron chi connectivity index (χ1n) is 4.97. The maximum Gasteiger partial charge on any atom is 0.339 e. The number of hydrogen-bond acceptors (Lipinski definition) is 5. The van der Waals surface area contributed by atoms with Gasteiger partial charge in [0.1, 0.15) is 9.77 Å². The van der Waals surface area contributed by atoms with Crippen molar-refractivity contribution in [2.75, 3.05) is 4.72 Å². The minimum absolute atomic E-state index is 0.0450.